The predicted octanol–water partition coefficient (Wildman–Crippen LogP) is 4.22. The zero-order valence-electron chi connectivity index (χ0n) is 9.51. The van der Waals surface area contributed by atoms with Crippen molar-refractivity contribution in [2.75, 3.05) is 0 Å². The molecule has 2 rings (SSSR count). The van der Waals surface area contributed by atoms with Gasteiger partial charge in [-0.2, -0.15) is 0 Å². The third-order valence-electron chi connectivity index (χ3n) is 2.97. The molecule has 0 fully saturated rings. The highest BCUT2D eigenvalue weighted by Crippen LogP contribution is 2.26. The number of nitrogens with zero attached hydrogens (tertiary/aromatic N) is 1. The van der Waals surface area contributed by atoms with Crippen molar-refractivity contribution in [1.82, 2.24) is 9.97 Å². The Balaban J connectivity index is 2.52. The van der Waals surface area contributed by atoms with E-state index in [1.807, 2.05) is 0 Å². The molecular formula is C12H14BrFN2. The van der Waals surface area contributed by atoms with Gasteiger partial charge in [0.25, 0.3) is 0 Å². The van der Waals surface area contributed by atoms with Crippen LogP contribution in [-0.2, 0) is 0 Å². The normalized spacial score (nSPS) is 13.6. The Kier molecular flexibility index (Phi) is 3.02. The van der Waals surface area contributed by atoms with Crippen LogP contribution in [0.5, 0.6) is 0 Å². The molecule has 1 aromatic carbocycles. The van der Waals surface area contributed by atoms with Crippen LogP contribution in [0.4, 0.5) is 4.39 Å². The second-order valence-electron chi connectivity index (χ2n) is 4.44. The van der Waals surface area contributed by atoms with Crippen LogP contribution in [0, 0.1) is 11.7 Å². The molecule has 1 unspecified atom stereocenters. The number of rotatable bonds is 2. The summed E-state index contributed by atoms with van der Waals surface area (Å²) in [6.07, 6.45) is 0. The van der Waals surface area contributed by atoms with E-state index in [0.29, 0.717) is 16.3 Å². The van der Waals surface area contributed by atoms with Gasteiger partial charge in [-0.3, -0.25) is 0 Å². The quantitative estimate of drug-likeness (QED) is 0.879. The van der Waals surface area contributed by atoms with Gasteiger partial charge < -0.3 is 4.98 Å². The first-order chi connectivity index (χ1) is 7.49. The third-order valence-corrected chi connectivity index (χ3v) is 3.58. The van der Waals surface area contributed by atoms with Gasteiger partial charge in [0.05, 0.1) is 15.5 Å². The van der Waals surface area contributed by atoms with Gasteiger partial charge in [0, 0.05) is 12.0 Å². The number of imidazole rings is 1. The Morgan fingerprint density at radius 2 is 2.00 bits per heavy atom. The lowest BCUT2D eigenvalue weighted by atomic mass is 9.98. The van der Waals surface area contributed by atoms with Crippen LogP contribution >= 0.6 is 15.9 Å². The van der Waals surface area contributed by atoms with Crippen LogP contribution in [-0.4, -0.2) is 9.97 Å². The molecule has 0 radical (unpaired) electrons. The molecule has 0 bridgehead atoms. The van der Waals surface area contributed by atoms with E-state index in [0.717, 1.165) is 16.9 Å². The topological polar surface area (TPSA) is 28.7 Å². The summed E-state index contributed by atoms with van der Waals surface area (Å²) in [7, 11) is 0. The minimum Gasteiger partial charge on any atom is -0.342 e. The van der Waals surface area contributed by atoms with Gasteiger partial charge in [0.15, 0.2) is 0 Å². The Morgan fingerprint density at radius 3 is 2.62 bits per heavy atom. The van der Waals surface area contributed by atoms with E-state index in [9.17, 15) is 4.39 Å². The average molecular weight is 285 g/mol. The van der Waals surface area contributed by atoms with Gasteiger partial charge in [0.1, 0.15) is 11.6 Å². The van der Waals surface area contributed by atoms with Gasteiger partial charge in [-0.15, -0.1) is 0 Å². The molecule has 1 N–H and O–H groups in total. The number of hydrogen-bond acceptors (Lipinski definition) is 1. The van der Waals surface area contributed by atoms with Crippen molar-refractivity contribution in [3.05, 3.63) is 28.2 Å². The largest absolute Gasteiger partial charge is 0.342 e. The molecule has 0 saturated carbocycles. The summed E-state index contributed by atoms with van der Waals surface area (Å²) in [5, 5.41) is 0. The summed E-state index contributed by atoms with van der Waals surface area (Å²) in [6.45, 7) is 6.41. The fourth-order valence-electron chi connectivity index (χ4n) is 1.56. The molecule has 0 aliphatic heterocycles. The van der Waals surface area contributed by atoms with E-state index in [1.54, 1.807) is 6.07 Å². The maximum Gasteiger partial charge on any atom is 0.139 e. The van der Waals surface area contributed by atoms with Crippen molar-refractivity contribution < 1.29 is 4.39 Å². The summed E-state index contributed by atoms with van der Waals surface area (Å²) in [5.74, 6) is 1.51. The first-order valence-corrected chi connectivity index (χ1v) is 6.13. The van der Waals surface area contributed by atoms with Crippen molar-refractivity contribution in [2.45, 2.75) is 26.7 Å². The molecule has 4 heteroatoms. The van der Waals surface area contributed by atoms with E-state index in [2.05, 4.69) is 46.7 Å². The van der Waals surface area contributed by atoms with Crippen LogP contribution in [0.25, 0.3) is 11.0 Å². The molecule has 1 aromatic heterocycles. The maximum absolute atomic E-state index is 13.3. The summed E-state index contributed by atoms with van der Waals surface area (Å²) in [4.78, 5) is 7.66. The van der Waals surface area contributed by atoms with E-state index >= 15 is 0 Å². The molecule has 16 heavy (non-hydrogen) atoms. The molecule has 0 aliphatic carbocycles. The Morgan fingerprint density at radius 1 is 1.31 bits per heavy atom. The molecule has 1 heterocycles. The summed E-state index contributed by atoms with van der Waals surface area (Å²) < 4.78 is 13.8. The highest BCUT2D eigenvalue weighted by molar-refractivity contribution is 9.10. The zero-order valence-corrected chi connectivity index (χ0v) is 11.1. The molecular weight excluding hydrogens is 271 g/mol. The average Bonchev–Trinajstić information content (AvgIpc) is 2.60. The van der Waals surface area contributed by atoms with Crippen LogP contribution < -0.4 is 0 Å². The SMILES string of the molecule is CC(C)C(C)c1nc2cc(Br)c(F)cc2[nH]1. The first-order valence-electron chi connectivity index (χ1n) is 5.33. The van der Waals surface area contributed by atoms with Gasteiger partial charge in [-0.25, -0.2) is 9.37 Å². The molecule has 0 aliphatic rings. The number of halogens is 2. The van der Waals surface area contributed by atoms with Crippen molar-refractivity contribution in [3.63, 3.8) is 0 Å². The lowest BCUT2D eigenvalue weighted by Gasteiger charge is -2.11. The Bertz CT molecular complexity index is 480. The van der Waals surface area contributed by atoms with E-state index in [4.69, 9.17) is 0 Å². The number of aromatic nitrogens is 2. The van der Waals surface area contributed by atoms with Crippen LogP contribution in [0.15, 0.2) is 16.6 Å². The lowest BCUT2D eigenvalue weighted by molar-refractivity contribution is 0.515. The number of hydrogen-bond donors (Lipinski definition) is 1. The lowest BCUT2D eigenvalue weighted by Crippen LogP contribution is -2.03. The molecule has 2 nitrogen and oxygen atoms in total. The van der Waals surface area contributed by atoms with Crippen LogP contribution in [0.3, 0.4) is 0 Å². The summed E-state index contributed by atoms with van der Waals surface area (Å²) in [5.41, 5.74) is 1.55. The minimum absolute atomic E-state index is 0.264. The van der Waals surface area contributed by atoms with Gasteiger partial charge in [-0.1, -0.05) is 20.8 Å². The second kappa shape index (κ2) is 4.17. The van der Waals surface area contributed by atoms with Crippen LogP contribution in [0.2, 0.25) is 0 Å². The molecule has 0 saturated heterocycles. The summed E-state index contributed by atoms with van der Waals surface area (Å²) >= 11 is 3.16. The van der Waals surface area contributed by atoms with Gasteiger partial charge >= 0.3 is 0 Å². The van der Waals surface area contributed by atoms with Crippen LogP contribution in [0.1, 0.15) is 32.5 Å². The summed E-state index contributed by atoms with van der Waals surface area (Å²) in [6, 6.07) is 3.18. The monoisotopic (exact) mass is 284 g/mol. The molecule has 0 amide bonds. The second-order valence-corrected chi connectivity index (χ2v) is 5.29. The number of nitrogens with one attached hydrogen (secondary N) is 1. The van der Waals surface area contributed by atoms with Gasteiger partial charge in [0.2, 0.25) is 0 Å². The van der Waals surface area contributed by atoms with Gasteiger partial charge in [-0.05, 0) is 27.9 Å². The number of H-pyrrole nitrogens is 1. The molecule has 86 valence electrons. The first kappa shape index (κ1) is 11.6. The highest BCUT2D eigenvalue weighted by Gasteiger charge is 2.15. The van der Waals surface area contributed by atoms with E-state index in [1.165, 1.54) is 6.07 Å². The number of aromatic amines is 1. The molecule has 2 aromatic rings. The highest BCUT2D eigenvalue weighted by atomic mass is 79.9. The molecule has 0 spiro atoms. The van der Waals surface area contributed by atoms with Crippen molar-refractivity contribution in [1.29, 1.82) is 0 Å². The standard InChI is InChI=1S/C12H14BrFN2/c1-6(2)7(3)12-15-10-4-8(13)9(14)5-11(10)16-12/h4-7H,1-3H3,(H,15,16). The Labute approximate surface area is 102 Å². The van der Waals surface area contributed by atoms with E-state index < -0.39 is 0 Å². The smallest absolute Gasteiger partial charge is 0.139 e. The number of fused-ring (bicyclic) bond motifs is 1. The maximum atomic E-state index is 13.3. The fraction of sp³-hybridized carbons (Fsp3) is 0.417. The minimum atomic E-state index is -0.264. The van der Waals surface area contributed by atoms with Crippen molar-refractivity contribution in [2.24, 2.45) is 5.92 Å². The fourth-order valence-corrected chi connectivity index (χ4v) is 1.89. The Hall–Kier alpha value is -0.900. The van der Waals surface area contributed by atoms with Crippen molar-refractivity contribution in [3.8, 4) is 0 Å². The van der Waals surface area contributed by atoms with E-state index in [-0.39, 0.29) is 5.82 Å². The molecule has 1 atom stereocenters. The predicted molar refractivity (Wildman–Crippen MR) is 67.0 cm³/mol. The van der Waals surface area contributed by atoms with Crippen molar-refractivity contribution >= 4 is 27.0 Å². The zero-order chi connectivity index (χ0) is 11.9. The third kappa shape index (κ3) is 1.98. The number of benzene rings is 1.